The van der Waals surface area contributed by atoms with Crippen molar-refractivity contribution in [3.05, 3.63) is 12.7 Å². The fraction of sp³-hybridized carbons (Fsp3) is 0.750. The Balaban J connectivity index is 1.38. The number of aliphatic hydroxyl groups is 2. The Hall–Kier alpha value is -1.77. The van der Waals surface area contributed by atoms with Gasteiger partial charge >= 0.3 is 0 Å². The summed E-state index contributed by atoms with van der Waals surface area (Å²) < 4.78 is 7.55. The molecule has 152 valence electrons. The van der Waals surface area contributed by atoms with Gasteiger partial charge in [-0.3, -0.25) is 0 Å². The minimum atomic E-state index is -0.152. The maximum Gasteiger partial charge on any atom is 0.165 e. The summed E-state index contributed by atoms with van der Waals surface area (Å²) >= 11 is 0. The Morgan fingerprint density at radius 3 is 2.86 bits per heavy atom. The Labute approximate surface area is 164 Å². The molecule has 3 aliphatic rings. The van der Waals surface area contributed by atoms with Crippen molar-refractivity contribution in [3.8, 4) is 0 Å². The van der Waals surface area contributed by atoms with Crippen LogP contribution in [0.3, 0.4) is 0 Å². The maximum atomic E-state index is 10.00. The van der Waals surface area contributed by atoms with Gasteiger partial charge in [0.1, 0.15) is 6.33 Å². The van der Waals surface area contributed by atoms with Crippen LogP contribution in [0.1, 0.15) is 25.7 Å². The van der Waals surface area contributed by atoms with Crippen molar-refractivity contribution in [2.45, 2.75) is 38.3 Å². The lowest BCUT2D eigenvalue weighted by Crippen LogP contribution is -2.26. The smallest absolute Gasteiger partial charge is 0.165 e. The molecule has 0 aromatic carbocycles. The van der Waals surface area contributed by atoms with Gasteiger partial charge in [-0.1, -0.05) is 0 Å². The summed E-state index contributed by atoms with van der Waals surface area (Å²) in [6.07, 6.45) is 7.20. The predicted octanol–water partition coefficient (Wildman–Crippen LogP) is 1.07. The molecular weight excluding hydrogens is 358 g/mol. The quantitative estimate of drug-likeness (QED) is 0.792. The lowest BCUT2D eigenvalue weighted by molar-refractivity contribution is 0.0867. The molecule has 1 aliphatic carbocycles. The van der Waals surface area contributed by atoms with E-state index in [1.165, 1.54) is 0 Å². The number of aliphatic hydroxyl groups excluding tert-OH is 2. The van der Waals surface area contributed by atoms with Gasteiger partial charge in [0.25, 0.3) is 0 Å². The Morgan fingerprint density at radius 1 is 1.14 bits per heavy atom. The third-order valence-corrected chi connectivity index (χ3v) is 7.00. The lowest BCUT2D eigenvalue weighted by atomic mass is 9.80. The van der Waals surface area contributed by atoms with E-state index in [0.717, 1.165) is 69.0 Å². The number of aromatic nitrogens is 4. The fourth-order valence-corrected chi connectivity index (χ4v) is 5.35. The zero-order chi connectivity index (χ0) is 19.1. The molecule has 0 spiro atoms. The standard InChI is InChI=1S/C20H29N5O3/c26-9-16(14-3-4-28-10-14)8-25-12-23-18-19(21-11-22-20(18)25)24-6-13-1-2-17(27)5-15(13)7-24/h11-17,26-27H,1-10H2. The van der Waals surface area contributed by atoms with Gasteiger partial charge in [-0.05, 0) is 43.4 Å². The van der Waals surface area contributed by atoms with E-state index in [0.29, 0.717) is 24.3 Å². The average Bonchev–Trinajstić information content (AvgIpc) is 3.45. The number of ether oxygens (including phenoxy) is 1. The van der Waals surface area contributed by atoms with E-state index >= 15 is 0 Å². The summed E-state index contributed by atoms with van der Waals surface area (Å²) in [6, 6.07) is 0. The predicted molar refractivity (Wildman–Crippen MR) is 104 cm³/mol. The van der Waals surface area contributed by atoms with Crippen LogP contribution >= 0.6 is 0 Å². The number of imidazole rings is 1. The van der Waals surface area contributed by atoms with Crippen LogP contribution in [0.5, 0.6) is 0 Å². The molecule has 2 aliphatic heterocycles. The van der Waals surface area contributed by atoms with Crippen LogP contribution in [0.25, 0.3) is 11.2 Å². The minimum absolute atomic E-state index is 0.142. The highest BCUT2D eigenvalue weighted by atomic mass is 16.5. The number of anilines is 1. The van der Waals surface area contributed by atoms with E-state index in [9.17, 15) is 10.2 Å². The van der Waals surface area contributed by atoms with Gasteiger partial charge in [-0.15, -0.1) is 0 Å². The topological polar surface area (TPSA) is 96.5 Å². The molecule has 5 atom stereocenters. The summed E-state index contributed by atoms with van der Waals surface area (Å²) in [4.78, 5) is 16.0. The molecule has 3 fully saturated rings. The van der Waals surface area contributed by atoms with Gasteiger partial charge in [0.15, 0.2) is 17.0 Å². The molecule has 2 aromatic rings. The van der Waals surface area contributed by atoms with Gasteiger partial charge in [-0.25, -0.2) is 15.0 Å². The first-order valence-corrected chi connectivity index (χ1v) is 10.5. The van der Waals surface area contributed by atoms with Gasteiger partial charge < -0.3 is 24.4 Å². The van der Waals surface area contributed by atoms with Gasteiger partial charge in [0.05, 0.1) is 12.4 Å². The number of fused-ring (bicyclic) bond motifs is 2. The van der Waals surface area contributed by atoms with Crippen molar-refractivity contribution in [2.24, 2.45) is 23.7 Å². The van der Waals surface area contributed by atoms with E-state index in [1.807, 2.05) is 10.9 Å². The third kappa shape index (κ3) is 3.27. The van der Waals surface area contributed by atoms with Gasteiger partial charge in [-0.2, -0.15) is 0 Å². The minimum Gasteiger partial charge on any atom is -0.396 e. The van der Waals surface area contributed by atoms with E-state index in [-0.39, 0.29) is 18.6 Å². The normalized spacial score (nSPS) is 31.4. The molecule has 1 saturated carbocycles. The molecule has 2 aromatic heterocycles. The molecule has 0 amide bonds. The van der Waals surface area contributed by atoms with Crippen molar-refractivity contribution in [3.63, 3.8) is 0 Å². The summed E-state index contributed by atoms with van der Waals surface area (Å²) in [5.41, 5.74) is 1.67. The highest BCUT2D eigenvalue weighted by Crippen LogP contribution is 2.39. The van der Waals surface area contributed by atoms with E-state index in [4.69, 9.17) is 4.74 Å². The average molecular weight is 387 g/mol. The first-order valence-electron chi connectivity index (χ1n) is 10.5. The molecule has 28 heavy (non-hydrogen) atoms. The van der Waals surface area contributed by atoms with E-state index in [2.05, 4.69) is 19.9 Å². The summed E-state index contributed by atoms with van der Waals surface area (Å²) in [5, 5.41) is 19.9. The molecule has 4 heterocycles. The largest absolute Gasteiger partial charge is 0.396 e. The number of rotatable bonds is 5. The molecule has 0 radical (unpaired) electrons. The van der Waals surface area contributed by atoms with Crippen molar-refractivity contribution < 1.29 is 14.9 Å². The van der Waals surface area contributed by atoms with Crippen molar-refractivity contribution in [2.75, 3.05) is 37.8 Å². The lowest BCUT2D eigenvalue weighted by Gasteiger charge is -2.27. The van der Waals surface area contributed by atoms with E-state index < -0.39 is 0 Å². The first kappa shape index (κ1) is 18.3. The zero-order valence-corrected chi connectivity index (χ0v) is 16.2. The van der Waals surface area contributed by atoms with Crippen molar-refractivity contribution >= 4 is 17.0 Å². The second-order valence-electron chi connectivity index (χ2n) is 8.72. The summed E-state index contributed by atoms with van der Waals surface area (Å²) in [7, 11) is 0. The van der Waals surface area contributed by atoms with Gasteiger partial charge in [0.2, 0.25) is 0 Å². The molecular formula is C20H29N5O3. The first-order chi connectivity index (χ1) is 13.7. The van der Waals surface area contributed by atoms with Gasteiger partial charge in [0, 0.05) is 45.4 Å². The molecule has 8 nitrogen and oxygen atoms in total. The van der Waals surface area contributed by atoms with Crippen LogP contribution in [-0.4, -0.2) is 68.7 Å². The number of hydrogen-bond donors (Lipinski definition) is 2. The SMILES string of the molecule is OCC(Cn1cnc2c(N3CC4CCC(O)CC4C3)ncnc21)C1CCOC1. The van der Waals surface area contributed by atoms with Crippen molar-refractivity contribution in [1.82, 2.24) is 19.5 Å². The van der Waals surface area contributed by atoms with Crippen LogP contribution in [0.15, 0.2) is 12.7 Å². The van der Waals surface area contributed by atoms with Crippen LogP contribution < -0.4 is 4.90 Å². The molecule has 2 N–H and O–H groups in total. The summed E-state index contributed by atoms with van der Waals surface area (Å²) in [5.74, 6) is 2.61. The second kappa shape index (κ2) is 7.57. The number of hydrogen-bond acceptors (Lipinski definition) is 7. The third-order valence-electron chi connectivity index (χ3n) is 7.00. The Bertz CT molecular complexity index is 821. The van der Waals surface area contributed by atoms with E-state index in [1.54, 1.807) is 6.33 Å². The highest BCUT2D eigenvalue weighted by Gasteiger charge is 2.38. The van der Waals surface area contributed by atoms with Crippen molar-refractivity contribution in [1.29, 1.82) is 0 Å². The molecule has 5 rings (SSSR count). The molecule has 0 bridgehead atoms. The summed E-state index contributed by atoms with van der Waals surface area (Å²) in [6.45, 7) is 4.25. The monoisotopic (exact) mass is 387 g/mol. The number of nitrogens with zero attached hydrogens (tertiary/aromatic N) is 5. The molecule has 2 saturated heterocycles. The van der Waals surface area contributed by atoms with Crippen LogP contribution in [0.2, 0.25) is 0 Å². The molecule has 8 heteroatoms. The molecule has 5 unspecified atom stereocenters. The highest BCUT2D eigenvalue weighted by molar-refractivity contribution is 5.83. The van der Waals surface area contributed by atoms with Crippen LogP contribution in [-0.2, 0) is 11.3 Å². The van der Waals surface area contributed by atoms with Crippen LogP contribution in [0, 0.1) is 23.7 Å². The zero-order valence-electron chi connectivity index (χ0n) is 16.2. The Kier molecular flexibility index (Phi) is 4.94. The second-order valence-corrected chi connectivity index (χ2v) is 8.72. The fourth-order valence-electron chi connectivity index (χ4n) is 5.35. The van der Waals surface area contributed by atoms with Crippen LogP contribution in [0.4, 0.5) is 5.82 Å². The Morgan fingerprint density at radius 2 is 2.04 bits per heavy atom. The maximum absolute atomic E-state index is 10.00.